The summed E-state index contributed by atoms with van der Waals surface area (Å²) in [6.07, 6.45) is 1.02. The highest BCUT2D eigenvalue weighted by molar-refractivity contribution is 6.31. The second kappa shape index (κ2) is 8.02. The van der Waals surface area contributed by atoms with Gasteiger partial charge in [-0.2, -0.15) is 0 Å². The molecule has 122 valence electrons. The number of amides is 1. The van der Waals surface area contributed by atoms with Crippen LogP contribution in [0.15, 0.2) is 42.5 Å². The summed E-state index contributed by atoms with van der Waals surface area (Å²) in [7, 11) is 0. The molecule has 0 aromatic heterocycles. The Labute approximate surface area is 142 Å². The molecule has 1 N–H and O–H groups in total. The third-order valence-corrected chi connectivity index (χ3v) is 4.12. The summed E-state index contributed by atoms with van der Waals surface area (Å²) >= 11 is 6.09. The van der Waals surface area contributed by atoms with Crippen molar-refractivity contribution in [3.8, 4) is 5.75 Å². The van der Waals surface area contributed by atoms with Gasteiger partial charge < -0.3 is 10.1 Å². The van der Waals surface area contributed by atoms with E-state index in [0.717, 1.165) is 12.0 Å². The molecule has 0 saturated carbocycles. The van der Waals surface area contributed by atoms with E-state index in [1.807, 2.05) is 50.2 Å². The summed E-state index contributed by atoms with van der Waals surface area (Å²) in [5.41, 5.74) is 2.89. The zero-order valence-corrected chi connectivity index (χ0v) is 14.5. The summed E-state index contributed by atoms with van der Waals surface area (Å²) < 4.78 is 5.81. The first-order chi connectivity index (χ1) is 11.0. The fourth-order valence-electron chi connectivity index (χ4n) is 2.18. The lowest BCUT2D eigenvalue weighted by Crippen LogP contribution is -2.32. The van der Waals surface area contributed by atoms with E-state index < -0.39 is 6.10 Å². The number of benzene rings is 2. The topological polar surface area (TPSA) is 38.3 Å². The van der Waals surface area contributed by atoms with E-state index in [2.05, 4.69) is 12.2 Å². The predicted molar refractivity (Wildman–Crippen MR) is 95.3 cm³/mol. The molecular weight excluding hydrogens is 310 g/mol. The van der Waals surface area contributed by atoms with Gasteiger partial charge in [0.1, 0.15) is 5.75 Å². The molecule has 0 fully saturated rings. The summed E-state index contributed by atoms with van der Waals surface area (Å²) in [5, 5.41) is 3.49. The number of ether oxygens (including phenoxy) is 1. The maximum absolute atomic E-state index is 12.4. The fourth-order valence-corrected chi connectivity index (χ4v) is 2.36. The van der Waals surface area contributed by atoms with Crippen LogP contribution in [-0.4, -0.2) is 12.0 Å². The molecule has 3 nitrogen and oxygen atoms in total. The zero-order chi connectivity index (χ0) is 16.8. The van der Waals surface area contributed by atoms with Crippen LogP contribution in [-0.2, 0) is 11.2 Å². The number of carbonyl (C=O) groups is 1. The van der Waals surface area contributed by atoms with Crippen molar-refractivity contribution in [1.29, 1.82) is 0 Å². The highest BCUT2D eigenvalue weighted by Gasteiger charge is 2.18. The lowest BCUT2D eigenvalue weighted by molar-refractivity contribution is -0.122. The van der Waals surface area contributed by atoms with Crippen molar-refractivity contribution in [2.75, 3.05) is 5.32 Å². The smallest absolute Gasteiger partial charge is 0.265 e. The molecule has 23 heavy (non-hydrogen) atoms. The Morgan fingerprint density at radius 2 is 1.87 bits per heavy atom. The van der Waals surface area contributed by atoms with Crippen molar-refractivity contribution in [1.82, 2.24) is 0 Å². The van der Waals surface area contributed by atoms with Gasteiger partial charge >= 0.3 is 0 Å². The van der Waals surface area contributed by atoms with Crippen molar-refractivity contribution < 1.29 is 9.53 Å². The van der Waals surface area contributed by atoms with Crippen LogP contribution in [0.2, 0.25) is 5.02 Å². The molecule has 0 aliphatic carbocycles. The Bertz CT molecular complexity index is 668. The molecule has 0 radical (unpaired) electrons. The second-order valence-electron chi connectivity index (χ2n) is 5.47. The molecule has 0 saturated heterocycles. The van der Waals surface area contributed by atoms with Gasteiger partial charge in [0.15, 0.2) is 6.10 Å². The molecule has 2 aromatic rings. The van der Waals surface area contributed by atoms with Gasteiger partial charge in [-0.1, -0.05) is 43.6 Å². The minimum absolute atomic E-state index is 0.174. The molecule has 4 heteroatoms. The van der Waals surface area contributed by atoms with Crippen LogP contribution >= 0.6 is 11.6 Å². The molecule has 1 amide bonds. The number of halogens is 1. The standard InChI is InChI=1S/C19H22ClNO2/c1-4-14-7-10-16(11-8-14)23-18(5-2)19(22)21-15-9-6-13(3)17(20)12-15/h6-12,18H,4-5H2,1-3H3,(H,21,22)/t18-/m0/s1. The van der Waals surface area contributed by atoms with Gasteiger partial charge in [0.05, 0.1) is 0 Å². The van der Waals surface area contributed by atoms with Crippen LogP contribution in [0.25, 0.3) is 0 Å². The molecule has 0 unspecified atom stereocenters. The molecule has 0 aliphatic rings. The molecule has 0 spiro atoms. The van der Waals surface area contributed by atoms with Crippen LogP contribution in [0.3, 0.4) is 0 Å². The van der Waals surface area contributed by atoms with Crippen LogP contribution in [0.4, 0.5) is 5.69 Å². The van der Waals surface area contributed by atoms with Crippen molar-refractivity contribution in [2.24, 2.45) is 0 Å². The summed E-state index contributed by atoms with van der Waals surface area (Å²) in [6, 6.07) is 13.3. The molecular formula is C19H22ClNO2. The monoisotopic (exact) mass is 331 g/mol. The van der Waals surface area contributed by atoms with Crippen molar-refractivity contribution in [3.05, 3.63) is 58.6 Å². The van der Waals surface area contributed by atoms with Gasteiger partial charge in [0.2, 0.25) is 0 Å². The van der Waals surface area contributed by atoms with E-state index in [4.69, 9.17) is 16.3 Å². The SMILES string of the molecule is CCc1ccc(O[C@@H](CC)C(=O)Nc2ccc(C)c(Cl)c2)cc1. The number of hydrogen-bond donors (Lipinski definition) is 1. The lowest BCUT2D eigenvalue weighted by Gasteiger charge is -2.17. The summed E-state index contributed by atoms with van der Waals surface area (Å²) in [4.78, 5) is 12.4. The summed E-state index contributed by atoms with van der Waals surface area (Å²) in [6.45, 7) is 5.95. The Kier molecular flexibility index (Phi) is 6.05. The highest BCUT2D eigenvalue weighted by Crippen LogP contribution is 2.21. The van der Waals surface area contributed by atoms with Gasteiger partial charge in [0, 0.05) is 10.7 Å². The minimum Gasteiger partial charge on any atom is -0.481 e. The number of aryl methyl sites for hydroxylation is 2. The highest BCUT2D eigenvalue weighted by atomic mass is 35.5. The molecule has 2 aromatic carbocycles. The molecule has 0 bridgehead atoms. The van der Waals surface area contributed by atoms with Crippen LogP contribution in [0.5, 0.6) is 5.75 Å². The Morgan fingerprint density at radius 3 is 2.43 bits per heavy atom. The van der Waals surface area contributed by atoms with Crippen molar-refractivity contribution in [2.45, 2.75) is 39.7 Å². The normalized spacial score (nSPS) is 11.8. The van der Waals surface area contributed by atoms with Gasteiger partial charge in [-0.15, -0.1) is 0 Å². The zero-order valence-electron chi connectivity index (χ0n) is 13.7. The van der Waals surface area contributed by atoms with Crippen LogP contribution in [0, 0.1) is 6.92 Å². The number of rotatable bonds is 6. The van der Waals surface area contributed by atoms with E-state index in [1.54, 1.807) is 6.07 Å². The molecule has 2 rings (SSSR count). The van der Waals surface area contributed by atoms with E-state index in [9.17, 15) is 4.79 Å². The van der Waals surface area contributed by atoms with Crippen molar-refractivity contribution in [3.63, 3.8) is 0 Å². The number of carbonyl (C=O) groups excluding carboxylic acids is 1. The Hall–Kier alpha value is -2.00. The van der Waals surface area contributed by atoms with Gasteiger partial charge in [-0.05, 0) is 55.2 Å². The van der Waals surface area contributed by atoms with Crippen LogP contribution < -0.4 is 10.1 Å². The maximum atomic E-state index is 12.4. The Morgan fingerprint density at radius 1 is 1.17 bits per heavy atom. The fraction of sp³-hybridized carbons (Fsp3) is 0.316. The summed E-state index contributed by atoms with van der Waals surface area (Å²) in [5.74, 6) is 0.526. The third-order valence-electron chi connectivity index (χ3n) is 3.71. The first kappa shape index (κ1) is 17.4. The second-order valence-corrected chi connectivity index (χ2v) is 5.87. The number of hydrogen-bond acceptors (Lipinski definition) is 2. The van der Waals surface area contributed by atoms with E-state index in [1.165, 1.54) is 5.56 Å². The third kappa shape index (κ3) is 4.73. The van der Waals surface area contributed by atoms with E-state index in [-0.39, 0.29) is 5.91 Å². The average Bonchev–Trinajstić information content (AvgIpc) is 2.56. The molecule has 0 aliphatic heterocycles. The Balaban J connectivity index is 2.03. The predicted octanol–water partition coefficient (Wildman–Crippen LogP) is 5.01. The van der Waals surface area contributed by atoms with Gasteiger partial charge in [-0.3, -0.25) is 4.79 Å². The first-order valence-electron chi connectivity index (χ1n) is 7.86. The average molecular weight is 332 g/mol. The van der Waals surface area contributed by atoms with Gasteiger partial charge in [0.25, 0.3) is 5.91 Å². The number of nitrogens with one attached hydrogen (secondary N) is 1. The number of anilines is 1. The van der Waals surface area contributed by atoms with E-state index >= 15 is 0 Å². The molecule has 0 heterocycles. The minimum atomic E-state index is -0.539. The molecule has 1 atom stereocenters. The quantitative estimate of drug-likeness (QED) is 0.808. The first-order valence-corrected chi connectivity index (χ1v) is 8.23. The largest absolute Gasteiger partial charge is 0.481 e. The lowest BCUT2D eigenvalue weighted by atomic mass is 10.1. The van der Waals surface area contributed by atoms with Crippen LogP contribution in [0.1, 0.15) is 31.4 Å². The maximum Gasteiger partial charge on any atom is 0.265 e. The van der Waals surface area contributed by atoms with Crippen molar-refractivity contribution >= 4 is 23.2 Å². The van der Waals surface area contributed by atoms with E-state index in [0.29, 0.717) is 22.9 Å². The van der Waals surface area contributed by atoms with Gasteiger partial charge in [-0.25, -0.2) is 0 Å².